The fourth-order valence-corrected chi connectivity index (χ4v) is 2.74. The second-order valence-electron chi connectivity index (χ2n) is 5.87. The fraction of sp³-hybridized carbons (Fsp3) is 0.400. The highest BCUT2D eigenvalue weighted by Gasteiger charge is 2.35. The van der Waals surface area contributed by atoms with Gasteiger partial charge in [-0.3, -0.25) is 14.8 Å². The van der Waals surface area contributed by atoms with Crippen LogP contribution >= 0.6 is 24.8 Å². The normalized spacial score (nSPS) is 20.0. The van der Waals surface area contributed by atoms with E-state index in [2.05, 4.69) is 16.9 Å². The van der Waals surface area contributed by atoms with E-state index in [1.807, 2.05) is 0 Å². The molecule has 23 heavy (non-hydrogen) atoms. The number of halogens is 3. The van der Waals surface area contributed by atoms with E-state index in [0.29, 0.717) is 30.7 Å². The number of hydrogen-bond donors (Lipinski definition) is 1. The molecular weight excluding hydrogens is 342 g/mol. The van der Waals surface area contributed by atoms with Crippen molar-refractivity contribution < 1.29 is 9.18 Å². The predicted octanol–water partition coefficient (Wildman–Crippen LogP) is 2.42. The molecule has 0 spiro atoms. The van der Waals surface area contributed by atoms with Crippen LogP contribution < -0.4 is 5.73 Å². The molecule has 1 saturated heterocycles. The number of aromatic nitrogens is 2. The van der Waals surface area contributed by atoms with Gasteiger partial charge < -0.3 is 10.6 Å². The Labute approximate surface area is 146 Å². The number of benzene rings is 1. The Balaban J connectivity index is 0.00000132. The Hall–Kier alpha value is -1.50. The largest absolute Gasteiger partial charge is 0.338 e. The molecule has 8 heteroatoms. The van der Waals surface area contributed by atoms with Gasteiger partial charge in [0.15, 0.2) is 0 Å². The minimum Gasteiger partial charge on any atom is -0.338 e. The van der Waals surface area contributed by atoms with Gasteiger partial charge in [-0.2, -0.15) is 0 Å². The van der Waals surface area contributed by atoms with Gasteiger partial charge in [0.2, 0.25) is 0 Å². The smallest absolute Gasteiger partial charge is 0.256 e. The maximum Gasteiger partial charge on any atom is 0.256 e. The van der Waals surface area contributed by atoms with Crippen molar-refractivity contribution in [1.82, 2.24) is 14.9 Å². The van der Waals surface area contributed by atoms with Crippen LogP contribution in [0.25, 0.3) is 11.0 Å². The molecule has 2 aromatic rings. The minimum absolute atomic E-state index is 0. The van der Waals surface area contributed by atoms with Crippen molar-refractivity contribution in [3.63, 3.8) is 0 Å². The summed E-state index contributed by atoms with van der Waals surface area (Å²) >= 11 is 0. The third-order valence-corrected chi connectivity index (χ3v) is 4.11. The number of likely N-dealkylation sites (tertiary alicyclic amines) is 1. The Bertz CT molecular complexity index is 715. The number of carbonyl (C=O) groups is 1. The van der Waals surface area contributed by atoms with E-state index in [9.17, 15) is 9.18 Å². The van der Waals surface area contributed by atoms with Crippen molar-refractivity contribution in [2.24, 2.45) is 11.1 Å². The molecule has 126 valence electrons. The molecule has 0 radical (unpaired) electrons. The Morgan fingerprint density at radius 3 is 2.70 bits per heavy atom. The molecule has 0 bridgehead atoms. The summed E-state index contributed by atoms with van der Waals surface area (Å²) in [5, 5.41) is 0. The third kappa shape index (κ3) is 3.71. The number of nitrogens with zero attached hydrogens (tertiary/aromatic N) is 3. The highest BCUT2D eigenvalue weighted by atomic mass is 35.5. The molecule has 0 saturated carbocycles. The zero-order chi connectivity index (χ0) is 15.0. The quantitative estimate of drug-likeness (QED) is 0.892. The minimum atomic E-state index is -0.480. The van der Waals surface area contributed by atoms with Crippen molar-refractivity contribution in [2.45, 2.75) is 13.3 Å². The first kappa shape index (κ1) is 19.5. The van der Waals surface area contributed by atoms with Crippen molar-refractivity contribution in [1.29, 1.82) is 0 Å². The van der Waals surface area contributed by atoms with E-state index < -0.39 is 5.82 Å². The van der Waals surface area contributed by atoms with Gasteiger partial charge >= 0.3 is 0 Å². The average Bonchev–Trinajstić information content (AvgIpc) is 2.89. The van der Waals surface area contributed by atoms with E-state index >= 15 is 0 Å². The lowest BCUT2D eigenvalue weighted by Gasteiger charge is -2.22. The van der Waals surface area contributed by atoms with Gasteiger partial charge in [-0.25, -0.2) is 4.39 Å². The average molecular weight is 361 g/mol. The van der Waals surface area contributed by atoms with E-state index in [1.165, 1.54) is 24.5 Å². The van der Waals surface area contributed by atoms with Crippen LogP contribution in [0.4, 0.5) is 4.39 Å². The highest BCUT2D eigenvalue weighted by Crippen LogP contribution is 2.30. The van der Waals surface area contributed by atoms with Gasteiger partial charge in [0.25, 0.3) is 5.91 Å². The van der Waals surface area contributed by atoms with Crippen molar-refractivity contribution in [3.05, 3.63) is 35.9 Å². The molecule has 1 fully saturated rings. The van der Waals surface area contributed by atoms with Crippen LogP contribution in [0, 0.1) is 11.2 Å². The molecule has 1 amide bonds. The third-order valence-electron chi connectivity index (χ3n) is 4.11. The lowest BCUT2D eigenvalue weighted by molar-refractivity contribution is 0.0778. The second-order valence-corrected chi connectivity index (χ2v) is 5.87. The van der Waals surface area contributed by atoms with Gasteiger partial charge in [-0.15, -0.1) is 24.8 Å². The van der Waals surface area contributed by atoms with Gasteiger partial charge in [0, 0.05) is 31.5 Å². The van der Waals surface area contributed by atoms with Gasteiger partial charge in [0.1, 0.15) is 11.3 Å². The van der Waals surface area contributed by atoms with E-state index in [1.54, 1.807) is 4.90 Å². The molecule has 1 aliphatic heterocycles. The SMILES string of the molecule is CC1(CN)CCN(C(=O)c2cc(F)cc3nccnc23)C1.Cl.Cl. The number of fused-ring (bicyclic) bond motifs is 1. The first-order valence-corrected chi connectivity index (χ1v) is 6.92. The number of amides is 1. The van der Waals surface area contributed by atoms with Crippen LogP contribution in [-0.4, -0.2) is 40.4 Å². The maximum atomic E-state index is 13.7. The summed E-state index contributed by atoms with van der Waals surface area (Å²) < 4.78 is 13.7. The number of nitrogens with two attached hydrogens (primary N) is 1. The number of rotatable bonds is 2. The summed E-state index contributed by atoms with van der Waals surface area (Å²) in [5.41, 5.74) is 6.79. The van der Waals surface area contributed by atoms with Crippen LogP contribution in [0.15, 0.2) is 24.5 Å². The number of hydrogen-bond acceptors (Lipinski definition) is 4. The van der Waals surface area contributed by atoms with E-state index in [4.69, 9.17) is 5.73 Å². The summed E-state index contributed by atoms with van der Waals surface area (Å²) in [5.74, 6) is -0.690. The standard InChI is InChI=1S/C15H17FN4O.2ClH/c1-15(8-17)2-5-20(9-15)14(21)11-6-10(16)7-12-13(11)19-4-3-18-12;;/h3-4,6-7H,2,5,8-9,17H2,1H3;2*1H. The molecule has 1 aromatic carbocycles. The van der Waals surface area contributed by atoms with Crippen molar-refractivity contribution in [2.75, 3.05) is 19.6 Å². The number of carbonyl (C=O) groups excluding carboxylic acids is 1. The summed E-state index contributed by atoms with van der Waals surface area (Å²) in [7, 11) is 0. The summed E-state index contributed by atoms with van der Waals surface area (Å²) in [6.45, 7) is 3.80. The fourth-order valence-electron chi connectivity index (χ4n) is 2.74. The summed E-state index contributed by atoms with van der Waals surface area (Å²) in [6.07, 6.45) is 3.84. The molecule has 0 aliphatic carbocycles. The van der Waals surface area contributed by atoms with Crippen molar-refractivity contribution in [3.8, 4) is 0 Å². The highest BCUT2D eigenvalue weighted by molar-refractivity contribution is 6.04. The lowest BCUT2D eigenvalue weighted by Crippen LogP contribution is -2.34. The van der Waals surface area contributed by atoms with Gasteiger partial charge in [0.05, 0.1) is 11.1 Å². The van der Waals surface area contributed by atoms with Crippen molar-refractivity contribution >= 4 is 41.8 Å². The Kier molecular flexibility index (Phi) is 6.27. The van der Waals surface area contributed by atoms with Crippen LogP contribution in [0.3, 0.4) is 0 Å². The Morgan fingerprint density at radius 2 is 2.04 bits per heavy atom. The first-order chi connectivity index (χ1) is 10.0. The molecule has 5 nitrogen and oxygen atoms in total. The molecule has 1 aliphatic rings. The molecule has 2 N–H and O–H groups in total. The summed E-state index contributed by atoms with van der Waals surface area (Å²) in [4.78, 5) is 22.6. The van der Waals surface area contributed by atoms with Crippen LogP contribution in [0.5, 0.6) is 0 Å². The molecular formula is C15H19Cl2FN4O. The zero-order valence-electron chi connectivity index (χ0n) is 12.7. The molecule has 1 unspecified atom stereocenters. The monoisotopic (exact) mass is 360 g/mol. The van der Waals surface area contributed by atoms with E-state index in [-0.39, 0.29) is 41.7 Å². The molecule has 3 rings (SSSR count). The predicted molar refractivity (Wildman–Crippen MR) is 91.7 cm³/mol. The zero-order valence-corrected chi connectivity index (χ0v) is 14.3. The molecule has 1 atom stereocenters. The lowest BCUT2D eigenvalue weighted by atomic mass is 9.90. The Morgan fingerprint density at radius 1 is 1.35 bits per heavy atom. The molecule has 1 aromatic heterocycles. The maximum absolute atomic E-state index is 13.7. The second kappa shape index (κ2) is 7.38. The van der Waals surface area contributed by atoms with Crippen LogP contribution in [0.2, 0.25) is 0 Å². The van der Waals surface area contributed by atoms with Crippen LogP contribution in [-0.2, 0) is 0 Å². The van der Waals surface area contributed by atoms with Gasteiger partial charge in [-0.1, -0.05) is 6.92 Å². The first-order valence-electron chi connectivity index (χ1n) is 6.92. The van der Waals surface area contributed by atoms with Gasteiger partial charge in [-0.05, 0) is 24.4 Å². The van der Waals surface area contributed by atoms with E-state index in [0.717, 1.165) is 6.42 Å². The summed E-state index contributed by atoms with van der Waals surface area (Å²) in [6, 6.07) is 2.52. The topological polar surface area (TPSA) is 72.1 Å². The molecule has 2 heterocycles. The van der Waals surface area contributed by atoms with Crippen LogP contribution in [0.1, 0.15) is 23.7 Å².